The lowest BCUT2D eigenvalue weighted by Gasteiger charge is -2.28. The SMILES string of the molecule is COCCC(C)(O)CNC(=O)CC(C)C(C)(C)C. The molecule has 0 bridgehead atoms. The zero-order chi connectivity index (χ0) is 14.4. The van der Waals surface area contributed by atoms with Gasteiger partial charge in [-0.2, -0.15) is 0 Å². The second-order valence-electron chi connectivity index (χ2n) is 6.49. The van der Waals surface area contributed by atoms with E-state index in [9.17, 15) is 9.90 Å². The molecule has 0 aliphatic rings. The topological polar surface area (TPSA) is 58.6 Å². The molecule has 0 aliphatic heterocycles. The third-order valence-electron chi connectivity index (χ3n) is 3.48. The maximum absolute atomic E-state index is 11.8. The fourth-order valence-electron chi connectivity index (χ4n) is 1.36. The maximum Gasteiger partial charge on any atom is 0.220 e. The largest absolute Gasteiger partial charge is 0.388 e. The number of methoxy groups -OCH3 is 1. The third-order valence-corrected chi connectivity index (χ3v) is 3.48. The first kappa shape index (κ1) is 17.4. The summed E-state index contributed by atoms with van der Waals surface area (Å²) in [4.78, 5) is 11.8. The van der Waals surface area contributed by atoms with Crippen molar-refractivity contribution in [1.29, 1.82) is 0 Å². The highest BCUT2D eigenvalue weighted by Crippen LogP contribution is 2.27. The first-order valence-corrected chi connectivity index (χ1v) is 6.56. The average Bonchev–Trinajstić information content (AvgIpc) is 2.22. The molecule has 18 heavy (non-hydrogen) atoms. The Morgan fingerprint density at radius 3 is 2.33 bits per heavy atom. The molecule has 1 amide bonds. The number of ether oxygens (including phenoxy) is 1. The Morgan fingerprint density at radius 2 is 1.89 bits per heavy atom. The highest BCUT2D eigenvalue weighted by molar-refractivity contribution is 5.76. The van der Waals surface area contributed by atoms with Gasteiger partial charge in [0.05, 0.1) is 5.60 Å². The first-order valence-electron chi connectivity index (χ1n) is 6.56. The van der Waals surface area contributed by atoms with E-state index in [1.54, 1.807) is 14.0 Å². The summed E-state index contributed by atoms with van der Waals surface area (Å²) in [5, 5.41) is 12.8. The summed E-state index contributed by atoms with van der Waals surface area (Å²) >= 11 is 0. The fourth-order valence-corrected chi connectivity index (χ4v) is 1.36. The quantitative estimate of drug-likeness (QED) is 0.735. The molecular weight excluding hydrogens is 230 g/mol. The first-order chi connectivity index (χ1) is 8.08. The summed E-state index contributed by atoms with van der Waals surface area (Å²) in [6.45, 7) is 10.9. The number of aliphatic hydroxyl groups is 1. The predicted molar refractivity (Wildman–Crippen MR) is 73.4 cm³/mol. The maximum atomic E-state index is 11.8. The summed E-state index contributed by atoms with van der Waals surface area (Å²) in [7, 11) is 1.60. The van der Waals surface area contributed by atoms with Gasteiger partial charge in [0, 0.05) is 33.1 Å². The average molecular weight is 259 g/mol. The standard InChI is InChI=1S/C14H29NO3/c1-11(13(2,3)4)9-12(16)15-10-14(5,17)7-8-18-6/h11,17H,7-10H2,1-6H3,(H,15,16). The number of amides is 1. The molecule has 0 rings (SSSR count). The van der Waals surface area contributed by atoms with Crippen LogP contribution in [0.25, 0.3) is 0 Å². The number of nitrogens with one attached hydrogen (secondary N) is 1. The minimum atomic E-state index is -0.906. The van der Waals surface area contributed by atoms with Gasteiger partial charge >= 0.3 is 0 Å². The van der Waals surface area contributed by atoms with Crippen molar-refractivity contribution in [3.8, 4) is 0 Å². The van der Waals surface area contributed by atoms with E-state index in [1.165, 1.54) is 0 Å². The van der Waals surface area contributed by atoms with E-state index >= 15 is 0 Å². The van der Waals surface area contributed by atoms with Crippen LogP contribution in [0.5, 0.6) is 0 Å². The van der Waals surface area contributed by atoms with E-state index in [-0.39, 0.29) is 17.9 Å². The van der Waals surface area contributed by atoms with E-state index in [4.69, 9.17) is 4.74 Å². The van der Waals surface area contributed by atoms with Crippen LogP contribution in [0.3, 0.4) is 0 Å². The van der Waals surface area contributed by atoms with Gasteiger partial charge in [-0.3, -0.25) is 4.79 Å². The van der Waals surface area contributed by atoms with Crippen molar-refractivity contribution >= 4 is 5.91 Å². The van der Waals surface area contributed by atoms with Crippen LogP contribution in [0, 0.1) is 11.3 Å². The summed E-state index contributed by atoms with van der Waals surface area (Å²) in [6, 6.07) is 0. The minimum absolute atomic E-state index is 0.00452. The third kappa shape index (κ3) is 7.67. The molecule has 2 unspecified atom stereocenters. The van der Waals surface area contributed by atoms with Gasteiger partial charge < -0.3 is 15.2 Å². The van der Waals surface area contributed by atoms with Gasteiger partial charge in [0.25, 0.3) is 0 Å². The Balaban J connectivity index is 4.03. The molecule has 0 saturated carbocycles. The van der Waals surface area contributed by atoms with E-state index in [0.717, 1.165) is 0 Å². The minimum Gasteiger partial charge on any atom is -0.388 e. The van der Waals surface area contributed by atoms with Crippen LogP contribution in [0.4, 0.5) is 0 Å². The number of hydrogen-bond donors (Lipinski definition) is 2. The van der Waals surface area contributed by atoms with Gasteiger partial charge in [-0.1, -0.05) is 27.7 Å². The van der Waals surface area contributed by atoms with Crippen molar-refractivity contribution < 1.29 is 14.6 Å². The Labute approximate surface area is 111 Å². The molecule has 0 aromatic heterocycles. The molecule has 0 radical (unpaired) electrons. The van der Waals surface area contributed by atoms with Gasteiger partial charge in [-0.05, 0) is 18.3 Å². The van der Waals surface area contributed by atoms with Crippen molar-refractivity contribution in [3.05, 3.63) is 0 Å². The number of rotatable bonds is 7. The van der Waals surface area contributed by atoms with Crippen LogP contribution in [0.2, 0.25) is 0 Å². The van der Waals surface area contributed by atoms with E-state index in [1.807, 2.05) is 0 Å². The van der Waals surface area contributed by atoms with Crippen LogP contribution < -0.4 is 5.32 Å². The molecule has 0 aliphatic carbocycles. The van der Waals surface area contributed by atoms with Crippen molar-refractivity contribution in [2.75, 3.05) is 20.3 Å². The zero-order valence-corrected chi connectivity index (χ0v) is 12.7. The van der Waals surface area contributed by atoms with Crippen molar-refractivity contribution in [2.24, 2.45) is 11.3 Å². The van der Waals surface area contributed by atoms with Crippen LogP contribution in [0.15, 0.2) is 0 Å². The summed E-state index contributed by atoms with van der Waals surface area (Å²) in [5.74, 6) is 0.302. The van der Waals surface area contributed by atoms with Crippen LogP contribution in [-0.4, -0.2) is 36.9 Å². The molecule has 0 aromatic rings. The second-order valence-corrected chi connectivity index (χ2v) is 6.49. The van der Waals surface area contributed by atoms with Gasteiger partial charge in [0.2, 0.25) is 5.91 Å². The van der Waals surface area contributed by atoms with Crippen molar-refractivity contribution in [2.45, 2.75) is 53.1 Å². The highest BCUT2D eigenvalue weighted by atomic mass is 16.5. The smallest absolute Gasteiger partial charge is 0.220 e. The number of hydrogen-bond acceptors (Lipinski definition) is 3. The lowest BCUT2D eigenvalue weighted by molar-refractivity contribution is -0.124. The second kappa shape index (κ2) is 7.10. The van der Waals surface area contributed by atoms with Crippen LogP contribution in [-0.2, 0) is 9.53 Å². The molecule has 0 spiro atoms. The summed E-state index contributed by atoms with van der Waals surface area (Å²) in [6.07, 6.45) is 1.00. The molecule has 2 N–H and O–H groups in total. The number of carbonyl (C=O) groups is 1. The molecule has 4 heteroatoms. The molecule has 0 saturated heterocycles. The van der Waals surface area contributed by atoms with Gasteiger partial charge in [-0.15, -0.1) is 0 Å². The van der Waals surface area contributed by atoms with E-state index < -0.39 is 5.60 Å². The molecule has 2 atom stereocenters. The Morgan fingerprint density at radius 1 is 1.33 bits per heavy atom. The zero-order valence-electron chi connectivity index (χ0n) is 12.7. The highest BCUT2D eigenvalue weighted by Gasteiger charge is 2.24. The molecule has 0 heterocycles. The molecule has 0 aromatic carbocycles. The fraction of sp³-hybridized carbons (Fsp3) is 0.929. The van der Waals surface area contributed by atoms with Gasteiger partial charge in [0.15, 0.2) is 0 Å². The van der Waals surface area contributed by atoms with E-state index in [0.29, 0.717) is 25.4 Å². The number of carbonyl (C=O) groups excluding carboxylic acids is 1. The summed E-state index contributed by atoms with van der Waals surface area (Å²) in [5.41, 5.74) is -0.785. The predicted octanol–water partition coefficient (Wildman–Crippen LogP) is 1.96. The lowest BCUT2D eigenvalue weighted by Crippen LogP contribution is -2.42. The lowest BCUT2D eigenvalue weighted by atomic mass is 9.80. The van der Waals surface area contributed by atoms with Gasteiger partial charge in [-0.25, -0.2) is 0 Å². The van der Waals surface area contributed by atoms with Crippen molar-refractivity contribution in [3.63, 3.8) is 0 Å². The monoisotopic (exact) mass is 259 g/mol. The summed E-state index contributed by atoms with van der Waals surface area (Å²) < 4.78 is 4.92. The molecule has 0 fully saturated rings. The van der Waals surface area contributed by atoms with Gasteiger partial charge in [0.1, 0.15) is 0 Å². The van der Waals surface area contributed by atoms with Crippen molar-refractivity contribution in [1.82, 2.24) is 5.32 Å². The Bertz CT molecular complexity index is 256. The molecular formula is C14H29NO3. The normalized spacial score (nSPS) is 17.1. The Kier molecular flexibility index (Phi) is 6.86. The Hall–Kier alpha value is -0.610. The molecule has 4 nitrogen and oxygen atoms in total. The van der Waals surface area contributed by atoms with Crippen LogP contribution in [0.1, 0.15) is 47.5 Å². The van der Waals surface area contributed by atoms with Crippen LogP contribution >= 0.6 is 0 Å². The van der Waals surface area contributed by atoms with E-state index in [2.05, 4.69) is 33.0 Å². The molecule has 108 valence electrons.